The lowest BCUT2D eigenvalue weighted by Gasteiger charge is -2.37. The fraction of sp³-hybridized carbons (Fsp3) is 0.552. The predicted molar refractivity (Wildman–Crippen MR) is 134 cm³/mol. The zero-order valence-electron chi connectivity index (χ0n) is 21.4. The topological polar surface area (TPSA) is 62.3 Å². The number of nitrogens with one attached hydrogen (secondary N) is 1. The third-order valence-corrected chi connectivity index (χ3v) is 8.47. The molecule has 2 unspecified atom stereocenters. The number of aryl methyl sites for hydroxylation is 1. The Labute approximate surface area is 203 Å². The van der Waals surface area contributed by atoms with Crippen LogP contribution in [0.25, 0.3) is 0 Å². The Balaban J connectivity index is 1.50. The van der Waals surface area contributed by atoms with Gasteiger partial charge in [0.15, 0.2) is 5.78 Å². The highest BCUT2D eigenvalue weighted by atomic mass is 16.2. The normalized spacial score (nSPS) is 24.9. The van der Waals surface area contributed by atoms with Gasteiger partial charge < -0.3 is 10.2 Å². The molecule has 3 aliphatic rings. The van der Waals surface area contributed by atoms with Gasteiger partial charge in [0.1, 0.15) is 0 Å². The lowest BCUT2D eigenvalue weighted by atomic mass is 9.79. The van der Waals surface area contributed by atoms with E-state index in [1.165, 1.54) is 22.3 Å². The molecule has 1 aromatic heterocycles. The molecule has 2 amide bonds. The van der Waals surface area contributed by atoms with Gasteiger partial charge in [0.2, 0.25) is 0 Å². The first kappa shape index (κ1) is 23.1. The van der Waals surface area contributed by atoms with E-state index in [9.17, 15) is 9.59 Å². The van der Waals surface area contributed by atoms with E-state index >= 15 is 0 Å². The van der Waals surface area contributed by atoms with Crippen LogP contribution in [0.5, 0.6) is 0 Å². The van der Waals surface area contributed by atoms with Crippen LogP contribution in [0.4, 0.5) is 4.79 Å². The highest BCUT2D eigenvalue weighted by molar-refractivity contribution is 5.97. The fourth-order valence-electron chi connectivity index (χ4n) is 6.64. The number of benzene rings is 1. The number of hydrogen-bond acceptors (Lipinski definition) is 3. The average Bonchev–Trinajstić information content (AvgIpc) is 3.43. The number of ketones is 1. The Hall–Kier alpha value is -2.69. The van der Waals surface area contributed by atoms with E-state index in [1.54, 1.807) is 6.92 Å². The first-order chi connectivity index (χ1) is 15.9. The number of nitrogens with zero attached hydrogens (tertiary/aromatic N) is 2. The van der Waals surface area contributed by atoms with Crippen LogP contribution in [0, 0.1) is 0 Å². The van der Waals surface area contributed by atoms with Crippen LogP contribution in [0.3, 0.4) is 0 Å². The van der Waals surface area contributed by atoms with Crippen LogP contribution in [0.2, 0.25) is 0 Å². The maximum absolute atomic E-state index is 13.8. The van der Waals surface area contributed by atoms with Gasteiger partial charge in [0, 0.05) is 24.5 Å². The Bertz CT molecular complexity index is 1180. The van der Waals surface area contributed by atoms with Crippen molar-refractivity contribution in [3.05, 3.63) is 64.0 Å². The van der Waals surface area contributed by atoms with Gasteiger partial charge >= 0.3 is 6.03 Å². The monoisotopic (exact) mass is 459 g/mol. The largest absolute Gasteiger partial charge is 0.331 e. The molecule has 1 saturated heterocycles. The van der Waals surface area contributed by atoms with E-state index in [0.717, 1.165) is 49.8 Å². The number of Topliss-reactive ketones (excluding diaryl/α,β-unsaturated/α-hetero) is 1. The van der Waals surface area contributed by atoms with Crippen LogP contribution >= 0.6 is 0 Å². The molecule has 1 aliphatic heterocycles. The average molecular weight is 460 g/mol. The van der Waals surface area contributed by atoms with Crippen LogP contribution in [0.1, 0.15) is 111 Å². The molecule has 2 aliphatic carbocycles. The van der Waals surface area contributed by atoms with Gasteiger partial charge in [-0.3, -0.25) is 9.78 Å². The van der Waals surface area contributed by atoms with Gasteiger partial charge in [0.25, 0.3) is 0 Å². The molecule has 180 valence electrons. The number of carbonyl (C=O) groups excluding carboxylic acids is 2. The highest BCUT2D eigenvalue weighted by Crippen LogP contribution is 2.50. The molecule has 0 bridgehead atoms. The Kier molecular flexibility index (Phi) is 5.20. The first-order valence-electron chi connectivity index (χ1n) is 12.7. The molecule has 5 heteroatoms. The van der Waals surface area contributed by atoms with Crippen LogP contribution in [0.15, 0.2) is 30.6 Å². The maximum atomic E-state index is 13.8. The number of fused-ring (bicyclic) bond motifs is 3. The smallest absolute Gasteiger partial charge is 0.318 e. The molecule has 1 N–H and O–H groups in total. The van der Waals surface area contributed by atoms with E-state index in [0.29, 0.717) is 0 Å². The van der Waals surface area contributed by atoms with Crippen molar-refractivity contribution in [2.45, 2.75) is 96.1 Å². The number of likely N-dealkylation sites (tertiary alicyclic amines) is 1. The summed E-state index contributed by atoms with van der Waals surface area (Å²) in [4.78, 5) is 33.0. The van der Waals surface area contributed by atoms with Crippen molar-refractivity contribution in [1.29, 1.82) is 0 Å². The third-order valence-electron chi connectivity index (χ3n) is 8.47. The molecular weight excluding hydrogens is 422 g/mol. The molecule has 0 radical (unpaired) electrons. The number of urea groups is 1. The Morgan fingerprint density at radius 3 is 2.62 bits per heavy atom. The second kappa shape index (κ2) is 7.66. The lowest BCUT2D eigenvalue weighted by molar-refractivity contribution is 0.101. The van der Waals surface area contributed by atoms with E-state index in [4.69, 9.17) is 0 Å². The molecule has 1 spiro atoms. The summed E-state index contributed by atoms with van der Waals surface area (Å²) >= 11 is 0. The van der Waals surface area contributed by atoms with Crippen molar-refractivity contribution in [3.8, 4) is 0 Å². The van der Waals surface area contributed by atoms with E-state index < -0.39 is 0 Å². The molecular formula is C29H37N3O2. The second-order valence-corrected chi connectivity index (χ2v) is 12.2. The number of pyridine rings is 1. The molecule has 2 atom stereocenters. The summed E-state index contributed by atoms with van der Waals surface area (Å²) in [7, 11) is 0. The summed E-state index contributed by atoms with van der Waals surface area (Å²) in [6.45, 7) is 13.4. The van der Waals surface area contributed by atoms with Gasteiger partial charge in [-0.25, -0.2) is 4.79 Å². The fourth-order valence-corrected chi connectivity index (χ4v) is 6.64. The zero-order chi connectivity index (χ0) is 24.5. The van der Waals surface area contributed by atoms with Gasteiger partial charge in [-0.1, -0.05) is 40.7 Å². The second-order valence-electron chi connectivity index (χ2n) is 12.2. The number of carbonyl (C=O) groups is 2. The van der Waals surface area contributed by atoms with Crippen molar-refractivity contribution >= 4 is 11.8 Å². The molecule has 2 heterocycles. The molecule has 1 aromatic carbocycles. The van der Waals surface area contributed by atoms with Crippen molar-refractivity contribution in [3.63, 3.8) is 0 Å². The van der Waals surface area contributed by atoms with Crippen molar-refractivity contribution in [2.24, 2.45) is 0 Å². The zero-order valence-corrected chi connectivity index (χ0v) is 21.4. The Morgan fingerprint density at radius 2 is 1.91 bits per heavy atom. The highest BCUT2D eigenvalue weighted by Gasteiger charge is 2.50. The van der Waals surface area contributed by atoms with Crippen molar-refractivity contribution in [1.82, 2.24) is 15.2 Å². The molecule has 2 aromatic rings. The molecule has 5 nitrogen and oxygen atoms in total. The molecule has 5 rings (SSSR count). The summed E-state index contributed by atoms with van der Waals surface area (Å²) in [5.74, 6) is 0.0627. The SMILES string of the molecule is CC(=O)c1cc(C(C)(C)C)cc2c1C(NC(=O)N1CCCC13CCc1ccncc13)CC2(C)C. The van der Waals surface area contributed by atoms with Crippen LogP contribution in [-0.4, -0.2) is 28.2 Å². The van der Waals surface area contributed by atoms with Gasteiger partial charge in [-0.2, -0.15) is 0 Å². The number of hydrogen-bond donors (Lipinski definition) is 1. The minimum atomic E-state index is -0.246. The summed E-state index contributed by atoms with van der Waals surface area (Å²) in [6.07, 6.45) is 8.54. The van der Waals surface area contributed by atoms with Gasteiger partial charge in [0.05, 0.1) is 11.6 Å². The quantitative estimate of drug-likeness (QED) is 0.564. The number of rotatable bonds is 2. The summed E-state index contributed by atoms with van der Waals surface area (Å²) in [6, 6.07) is 6.23. The minimum absolute atomic E-state index is 0.0164. The first-order valence-corrected chi connectivity index (χ1v) is 12.7. The molecule has 0 saturated carbocycles. The van der Waals surface area contributed by atoms with Crippen molar-refractivity contribution in [2.75, 3.05) is 6.54 Å². The summed E-state index contributed by atoms with van der Waals surface area (Å²) in [5.41, 5.74) is 6.25. The summed E-state index contributed by atoms with van der Waals surface area (Å²) in [5, 5.41) is 3.38. The molecule has 1 fully saturated rings. The Morgan fingerprint density at radius 1 is 1.15 bits per heavy atom. The van der Waals surface area contributed by atoms with Crippen LogP contribution in [-0.2, 0) is 22.8 Å². The van der Waals surface area contributed by atoms with Gasteiger partial charge in [-0.05, 0) is 89.8 Å². The van der Waals surface area contributed by atoms with E-state index in [1.807, 2.05) is 12.4 Å². The van der Waals surface area contributed by atoms with Gasteiger partial charge in [-0.15, -0.1) is 0 Å². The minimum Gasteiger partial charge on any atom is -0.331 e. The van der Waals surface area contributed by atoms with E-state index in [-0.39, 0.29) is 34.2 Å². The predicted octanol–water partition coefficient (Wildman–Crippen LogP) is 5.95. The number of aromatic nitrogens is 1. The maximum Gasteiger partial charge on any atom is 0.318 e. The third kappa shape index (κ3) is 3.47. The number of amides is 2. The standard InChI is InChI=1S/C29H37N3O2/c1-18(33)21-14-20(27(2,3)4)15-22-25(21)24(16-28(22,5)6)31-26(34)32-13-7-10-29(32)11-8-19-9-12-30-17-23(19)29/h9,12,14-15,17,24H,7-8,10-11,13,16H2,1-6H3,(H,31,34). The van der Waals surface area contributed by atoms with E-state index in [2.05, 4.69) is 68.0 Å². The molecule has 34 heavy (non-hydrogen) atoms. The summed E-state index contributed by atoms with van der Waals surface area (Å²) < 4.78 is 0. The van der Waals surface area contributed by atoms with Crippen molar-refractivity contribution < 1.29 is 9.59 Å². The lowest BCUT2D eigenvalue weighted by Crippen LogP contribution is -2.49. The van der Waals surface area contributed by atoms with Crippen LogP contribution < -0.4 is 5.32 Å².